The second kappa shape index (κ2) is 13.1. The van der Waals surface area contributed by atoms with E-state index >= 15 is 0 Å². The number of fused-ring (bicyclic) bond motifs is 1. The Morgan fingerprint density at radius 3 is 2.67 bits per heavy atom. The summed E-state index contributed by atoms with van der Waals surface area (Å²) in [6, 6.07) is 12.2. The maximum absolute atomic E-state index is 13.4. The van der Waals surface area contributed by atoms with Crippen LogP contribution in [0, 0.1) is 11.7 Å². The van der Waals surface area contributed by atoms with E-state index < -0.39 is 11.9 Å². The first kappa shape index (κ1) is 29.2. The molecule has 0 spiro atoms. The lowest BCUT2D eigenvalue weighted by Crippen LogP contribution is -2.49. The Kier molecular flexibility index (Phi) is 9.15. The third-order valence-electron chi connectivity index (χ3n) is 8.23. The molecule has 8 nitrogen and oxygen atoms in total. The van der Waals surface area contributed by atoms with Crippen molar-refractivity contribution in [1.82, 2.24) is 20.5 Å². The van der Waals surface area contributed by atoms with E-state index in [1.54, 1.807) is 13.2 Å². The van der Waals surface area contributed by atoms with Crippen LogP contribution >= 0.6 is 0 Å². The maximum Gasteiger partial charge on any atom is 0.270 e. The van der Waals surface area contributed by atoms with Crippen molar-refractivity contribution in [2.24, 2.45) is 5.92 Å². The molecule has 9 heteroatoms. The molecule has 220 valence electrons. The highest BCUT2D eigenvalue weighted by molar-refractivity contribution is 5.97. The zero-order valence-electron chi connectivity index (χ0n) is 24.1. The van der Waals surface area contributed by atoms with Crippen molar-refractivity contribution in [3.63, 3.8) is 0 Å². The number of allylic oxidation sites excluding steroid dienone is 1. The monoisotopic (exact) mass is 572 g/mol. The van der Waals surface area contributed by atoms with Crippen molar-refractivity contribution in [3.8, 4) is 5.75 Å². The number of ether oxygens (including phenoxy) is 1. The molecule has 1 aliphatic heterocycles. The van der Waals surface area contributed by atoms with Gasteiger partial charge < -0.3 is 20.3 Å². The van der Waals surface area contributed by atoms with E-state index in [1.165, 1.54) is 54.8 Å². The lowest BCUT2D eigenvalue weighted by atomic mass is 9.98. The van der Waals surface area contributed by atoms with E-state index in [2.05, 4.69) is 27.8 Å². The Balaban J connectivity index is 1.20. The molecule has 1 unspecified atom stereocenters. The van der Waals surface area contributed by atoms with Crippen molar-refractivity contribution in [2.75, 3.05) is 20.2 Å². The molecule has 1 aromatic heterocycles. The molecule has 2 atom stereocenters. The van der Waals surface area contributed by atoms with Crippen molar-refractivity contribution in [2.45, 2.75) is 57.5 Å². The summed E-state index contributed by atoms with van der Waals surface area (Å²) in [5.41, 5.74) is 2.59. The summed E-state index contributed by atoms with van der Waals surface area (Å²) in [7, 11) is 1.64. The SMILES string of the molecule is COc1ccc([C@H](C)NC(=O)C2CCCN2C(=O)CNC(=O)c2ccc3cc(F)ccc3n2)c(/C=C/C2CCCC2)c1. The van der Waals surface area contributed by atoms with Gasteiger partial charge in [-0.25, -0.2) is 9.37 Å². The summed E-state index contributed by atoms with van der Waals surface area (Å²) < 4.78 is 18.9. The van der Waals surface area contributed by atoms with Crippen LogP contribution in [0.1, 0.15) is 73.1 Å². The first-order valence-electron chi connectivity index (χ1n) is 14.6. The van der Waals surface area contributed by atoms with E-state index in [9.17, 15) is 18.8 Å². The number of nitrogens with zero attached hydrogens (tertiary/aromatic N) is 2. The quantitative estimate of drug-likeness (QED) is 0.368. The minimum atomic E-state index is -0.610. The number of nitrogens with one attached hydrogen (secondary N) is 2. The fourth-order valence-electron chi connectivity index (χ4n) is 5.90. The molecule has 1 saturated carbocycles. The van der Waals surface area contributed by atoms with Crippen molar-refractivity contribution >= 4 is 34.7 Å². The summed E-state index contributed by atoms with van der Waals surface area (Å²) in [6.45, 7) is 2.13. The molecule has 2 aromatic carbocycles. The smallest absolute Gasteiger partial charge is 0.270 e. The van der Waals surface area contributed by atoms with E-state index in [1.807, 2.05) is 25.1 Å². The van der Waals surface area contributed by atoms with E-state index in [-0.39, 0.29) is 35.9 Å². The molecule has 3 aromatic rings. The van der Waals surface area contributed by atoms with Gasteiger partial charge in [0.25, 0.3) is 5.91 Å². The lowest BCUT2D eigenvalue weighted by Gasteiger charge is -2.26. The number of methoxy groups -OCH3 is 1. The summed E-state index contributed by atoms with van der Waals surface area (Å²) in [6.07, 6.45) is 10.6. The highest BCUT2D eigenvalue weighted by atomic mass is 19.1. The summed E-state index contributed by atoms with van der Waals surface area (Å²) in [4.78, 5) is 45.0. The molecule has 42 heavy (non-hydrogen) atoms. The number of pyridine rings is 1. The molecule has 2 aliphatic rings. The fraction of sp³-hybridized carbons (Fsp3) is 0.394. The molecule has 0 radical (unpaired) electrons. The van der Waals surface area contributed by atoms with Gasteiger partial charge in [-0.1, -0.05) is 37.1 Å². The molecule has 1 saturated heterocycles. The largest absolute Gasteiger partial charge is 0.497 e. The molecule has 2 heterocycles. The van der Waals surface area contributed by atoms with Gasteiger partial charge in [0.15, 0.2) is 0 Å². The Bertz CT molecular complexity index is 1500. The average molecular weight is 573 g/mol. The van der Waals surface area contributed by atoms with Crippen molar-refractivity contribution in [3.05, 3.63) is 77.2 Å². The summed E-state index contributed by atoms with van der Waals surface area (Å²) in [5, 5.41) is 6.30. The van der Waals surface area contributed by atoms with E-state index in [0.29, 0.717) is 36.2 Å². The zero-order chi connectivity index (χ0) is 29.6. The second-order valence-corrected chi connectivity index (χ2v) is 11.1. The first-order chi connectivity index (χ1) is 20.3. The van der Waals surface area contributed by atoms with Crippen LogP contribution in [0.2, 0.25) is 0 Å². The lowest BCUT2D eigenvalue weighted by molar-refractivity contribution is -0.137. The third kappa shape index (κ3) is 6.78. The maximum atomic E-state index is 13.4. The molecule has 5 rings (SSSR count). The standard InChI is InChI=1S/C33H37FN4O4/c1-21(27-14-13-26(42-2)19-23(27)10-9-22-6-3-4-7-22)36-33(41)30-8-5-17-38(30)31(39)20-35-32(40)29-15-11-24-18-25(34)12-16-28(24)37-29/h9-16,18-19,21-22,30H,3-8,17,20H2,1-2H3,(H,35,40)(H,36,41)/b10-9+/t21-,30?/m0/s1. The molecule has 3 amide bonds. The average Bonchev–Trinajstić information content (AvgIpc) is 3.71. The minimum absolute atomic E-state index is 0.128. The van der Waals surface area contributed by atoms with Gasteiger partial charge in [-0.15, -0.1) is 0 Å². The van der Waals surface area contributed by atoms with Gasteiger partial charge in [0.2, 0.25) is 11.8 Å². The number of carbonyl (C=O) groups excluding carboxylic acids is 3. The van der Waals surface area contributed by atoms with Crippen LogP contribution in [0.15, 0.2) is 54.6 Å². The van der Waals surface area contributed by atoms with Crippen LogP contribution in [0.4, 0.5) is 4.39 Å². The topological polar surface area (TPSA) is 101 Å². The van der Waals surface area contributed by atoms with Gasteiger partial charge in [0.1, 0.15) is 23.3 Å². The fourth-order valence-corrected chi connectivity index (χ4v) is 5.90. The molecule has 0 bridgehead atoms. The van der Waals surface area contributed by atoms with Gasteiger partial charge in [-0.05, 0) is 86.1 Å². The summed E-state index contributed by atoms with van der Waals surface area (Å²) in [5.74, 6) is -0.113. The van der Waals surface area contributed by atoms with Gasteiger partial charge in [0, 0.05) is 11.9 Å². The number of hydrogen-bond acceptors (Lipinski definition) is 5. The Morgan fingerprint density at radius 1 is 1.07 bits per heavy atom. The van der Waals surface area contributed by atoms with Crippen LogP contribution in [0.25, 0.3) is 17.0 Å². The number of benzene rings is 2. The normalized spacial score (nSPS) is 18.0. The van der Waals surface area contributed by atoms with Crippen LogP contribution in [-0.2, 0) is 9.59 Å². The number of amides is 3. The van der Waals surface area contributed by atoms with Gasteiger partial charge >= 0.3 is 0 Å². The number of hydrogen-bond donors (Lipinski definition) is 2. The van der Waals surface area contributed by atoms with E-state index in [4.69, 9.17) is 4.74 Å². The Labute approximate surface area is 245 Å². The summed E-state index contributed by atoms with van der Waals surface area (Å²) >= 11 is 0. The first-order valence-corrected chi connectivity index (χ1v) is 14.6. The van der Waals surface area contributed by atoms with Crippen molar-refractivity contribution in [1.29, 1.82) is 0 Å². The van der Waals surface area contributed by atoms with E-state index in [0.717, 1.165) is 16.9 Å². The number of aromatic nitrogens is 1. The second-order valence-electron chi connectivity index (χ2n) is 11.1. The molecule has 2 fully saturated rings. The van der Waals surface area contributed by atoms with Crippen LogP contribution in [0.3, 0.4) is 0 Å². The predicted octanol–water partition coefficient (Wildman–Crippen LogP) is 5.18. The molecule has 2 N–H and O–H groups in total. The number of likely N-dealkylation sites (tertiary alicyclic amines) is 1. The molecule has 1 aliphatic carbocycles. The van der Waals surface area contributed by atoms with Gasteiger partial charge in [-0.2, -0.15) is 0 Å². The Hall–Kier alpha value is -4.27. The van der Waals surface area contributed by atoms with Gasteiger partial charge in [0.05, 0.1) is 25.2 Å². The molecular formula is C33H37FN4O4. The highest BCUT2D eigenvalue weighted by Crippen LogP contribution is 2.29. The number of carbonyl (C=O) groups is 3. The van der Waals surface area contributed by atoms with Gasteiger partial charge in [-0.3, -0.25) is 14.4 Å². The van der Waals surface area contributed by atoms with Crippen LogP contribution in [0.5, 0.6) is 5.75 Å². The number of rotatable bonds is 9. The zero-order valence-corrected chi connectivity index (χ0v) is 24.1. The third-order valence-corrected chi connectivity index (χ3v) is 8.23. The van der Waals surface area contributed by atoms with Crippen LogP contribution in [-0.4, -0.2) is 53.8 Å². The highest BCUT2D eigenvalue weighted by Gasteiger charge is 2.34. The minimum Gasteiger partial charge on any atom is -0.497 e. The Morgan fingerprint density at radius 2 is 1.88 bits per heavy atom. The van der Waals surface area contributed by atoms with Crippen LogP contribution < -0.4 is 15.4 Å². The molecular weight excluding hydrogens is 535 g/mol. The number of halogens is 1. The predicted molar refractivity (Wildman–Crippen MR) is 159 cm³/mol. The van der Waals surface area contributed by atoms with Crippen molar-refractivity contribution < 1.29 is 23.5 Å².